The molecular weight excluding hydrogens is 1290 g/mol. The molecule has 0 radical (unpaired) electrons. The Bertz CT molecular complexity index is 3010. The normalized spacial score (nSPS) is 18.9. The molecule has 94 heavy (non-hydrogen) atoms. The van der Waals surface area contributed by atoms with Crippen molar-refractivity contribution in [1.82, 2.24) is 10.1 Å². The molecule has 8 rings (SSSR count). The number of nitrogens with two attached hydrogens (primary N) is 2. The van der Waals surface area contributed by atoms with Crippen molar-refractivity contribution in [2.45, 2.75) is 115 Å². The van der Waals surface area contributed by atoms with Gasteiger partial charge in [0.05, 0.1) is 158 Å². The van der Waals surface area contributed by atoms with E-state index in [9.17, 15) is 55.1 Å². The molecule has 2 atom stereocenters. The van der Waals surface area contributed by atoms with Crippen molar-refractivity contribution in [3.8, 4) is 0 Å². The summed E-state index contributed by atoms with van der Waals surface area (Å²) in [4.78, 5) is 98.7. The van der Waals surface area contributed by atoms with Gasteiger partial charge in [0.1, 0.15) is 0 Å². The number of ether oxygens (including phenoxy) is 8. The molecule has 4 saturated carbocycles. The molecule has 0 unspecified atom stereocenters. The van der Waals surface area contributed by atoms with Crippen LogP contribution < -0.4 is 11.5 Å². The molecule has 4 fully saturated rings. The first-order valence-electron chi connectivity index (χ1n) is 31.5. The molecule has 6 aliphatic rings. The zero-order chi connectivity index (χ0) is 68.0. The Morgan fingerprint density at radius 2 is 0.851 bits per heavy atom. The van der Waals surface area contributed by atoms with Gasteiger partial charge in [0.2, 0.25) is 0 Å². The van der Waals surface area contributed by atoms with Crippen molar-refractivity contribution in [2.75, 3.05) is 93.4 Å². The van der Waals surface area contributed by atoms with Gasteiger partial charge in [0.25, 0.3) is 0 Å². The number of nitrogens with zero attached hydrogens (tertiary/aromatic N) is 2. The molecular formula is C66H80Cl2F6N4O16. The molecule has 4 aliphatic carbocycles. The maximum absolute atomic E-state index is 14.9. The standard InChI is InChI=1S/C66H80Cl2F6N4O16/c1-37-53(61(81)85-3)55(45-9-5-13-47(59(45)67)65(69,70)71)57(63(83)91-27-7-11-43(39-15-16-39)40-17-18-40)49(35-89-33-31-87-29-25-75)77(37)93-51(79)23-24-52(80)94-78-38(2)54(62(82)86-4)56(46-10-6-14-48(60(46)68)66(72,73)74)58(50(78)36-90-34-32-88-30-26-76)64(84)92-28-8-12-44(41-19-20-41)42-21-22-42/h5-6,9-10,13-14,23-24,39-44,55-56H,7-8,11-12,15-22,25-36,75-76H2,1-4H3/b24-23+/t55-,56-/m0/s1. The first kappa shape index (κ1) is 73.3. The number of halogens is 8. The molecule has 4 N–H and O–H groups in total. The van der Waals surface area contributed by atoms with Gasteiger partial charge in [-0.05, 0) is 150 Å². The van der Waals surface area contributed by atoms with Gasteiger partial charge in [-0.1, -0.05) is 47.5 Å². The minimum atomic E-state index is -5.02. The van der Waals surface area contributed by atoms with Crippen molar-refractivity contribution in [2.24, 2.45) is 47.0 Å². The van der Waals surface area contributed by atoms with Gasteiger partial charge in [0, 0.05) is 25.2 Å². The van der Waals surface area contributed by atoms with E-state index in [2.05, 4.69) is 0 Å². The number of rotatable bonds is 36. The van der Waals surface area contributed by atoms with E-state index in [1.54, 1.807) is 0 Å². The molecule has 2 aromatic rings. The number of methoxy groups -OCH3 is 2. The lowest BCUT2D eigenvalue weighted by molar-refractivity contribution is -0.173. The number of hydrogen-bond donors (Lipinski definition) is 2. The Hall–Kier alpha value is -6.52. The average molecular weight is 1370 g/mol. The van der Waals surface area contributed by atoms with Gasteiger partial charge in [-0.15, -0.1) is 0 Å². The maximum Gasteiger partial charge on any atom is 0.417 e. The van der Waals surface area contributed by atoms with Gasteiger partial charge >= 0.3 is 48.2 Å². The third-order valence-corrected chi connectivity index (χ3v) is 18.2. The van der Waals surface area contributed by atoms with E-state index in [0.29, 0.717) is 82.8 Å². The zero-order valence-corrected chi connectivity index (χ0v) is 54.3. The first-order valence-corrected chi connectivity index (χ1v) is 32.3. The number of hydrogen-bond acceptors (Lipinski definition) is 20. The Morgan fingerprint density at radius 3 is 1.16 bits per heavy atom. The fourth-order valence-electron chi connectivity index (χ4n) is 12.5. The number of hydroxylamine groups is 4. The van der Waals surface area contributed by atoms with Crippen LogP contribution in [0.15, 0.2) is 93.6 Å². The summed E-state index contributed by atoms with van der Waals surface area (Å²) in [6.07, 6.45) is 2.11. The molecule has 2 aromatic carbocycles. The van der Waals surface area contributed by atoms with Crippen molar-refractivity contribution in [3.63, 3.8) is 0 Å². The number of esters is 4. The molecule has 28 heteroatoms. The van der Waals surface area contributed by atoms with E-state index in [0.717, 1.165) is 90.6 Å². The Morgan fingerprint density at radius 1 is 0.511 bits per heavy atom. The highest BCUT2D eigenvalue weighted by atomic mass is 35.5. The quantitative estimate of drug-likeness (QED) is 0.0211. The van der Waals surface area contributed by atoms with E-state index in [-0.39, 0.29) is 99.9 Å². The van der Waals surface area contributed by atoms with Crippen LogP contribution >= 0.6 is 23.2 Å². The van der Waals surface area contributed by atoms with Gasteiger partial charge in [-0.25, -0.2) is 28.8 Å². The number of alkyl halides is 6. The summed E-state index contributed by atoms with van der Waals surface area (Å²) < 4.78 is 133. The lowest BCUT2D eigenvalue weighted by Gasteiger charge is -2.37. The van der Waals surface area contributed by atoms with Crippen molar-refractivity contribution >= 4 is 59.0 Å². The SMILES string of the molecule is COC(=O)C1=C(C)N(OC(=O)/C=C/C(=O)ON2C(C)=C(C(=O)OC)[C@H](c3cccc(C(F)(F)F)c3Cl)C(C(=O)OCCCC(C3CC3)C3CC3)=C2COCCOCCN)C(COCCOCCN)=C(C(=O)OCCCC(C2CC2)C2CC2)[C@H]1c1cccc(C(F)(F)F)c1Cl. The van der Waals surface area contributed by atoms with E-state index >= 15 is 0 Å². The second kappa shape index (κ2) is 33.4. The monoisotopic (exact) mass is 1370 g/mol. The molecule has 516 valence electrons. The lowest BCUT2D eigenvalue weighted by Crippen LogP contribution is -2.39. The second-order valence-electron chi connectivity index (χ2n) is 23.9. The van der Waals surface area contributed by atoms with Crippen LogP contribution in [0.1, 0.15) is 125 Å². The Labute approximate surface area is 551 Å². The van der Waals surface area contributed by atoms with Crippen LogP contribution in [-0.2, 0) is 88.7 Å². The summed E-state index contributed by atoms with van der Waals surface area (Å²) in [6.45, 7) is 0.909. The van der Waals surface area contributed by atoms with E-state index in [1.807, 2.05) is 0 Å². The summed E-state index contributed by atoms with van der Waals surface area (Å²) in [7, 11) is 1.95. The highest BCUT2D eigenvalue weighted by molar-refractivity contribution is 6.33. The number of carbonyl (C=O) groups is 6. The van der Waals surface area contributed by atoms with Crippen LogP contribution in [0.4, 0.5) is 26.3 Å². The molecule has 0 saturated heterocycles. The van der Waals surface area contributed by atoms with E-state index in [4.69, 9.17) is 82.2 Å². The van der Waals surface area contributed by atoms with Crippen molar-refractivity contribution < 1.29 is 103 Å². The van der Waals surface area contributed by atoms with Crippen LogP contribution in [0.5, 0.6) is 0 Å². The third kappa shape index (κ3) is 18.7. The molecule has 20 nitrogen and oxygen atoms in total. The van der Waals surface area contributed by atoms with Gasteiger partial charge < -0.3 is 59.0 Å². The fraction of sp³-hybridized carbons (Fsp3) is 0.576. The van der Waals surface area contributed by atoms with Crippen LogP contribution in [0.25, 0.3) is 0 Å². The van der Waals surface area contributed by atoms with Crippen LogP contribution in [-0.4, -0.2) is 139 Å². The van der Waals surface area contributed by atoms with Crippen LogP contribution in [0, 0.1) is 35.5 Å². The van der Waals surface area contributed by atoms with E-state index < -0.39 is 117 Å². The van der Waals surface area contributed by atoms with Gasteiger partial charge in [-0.2, -0.15) is 36.5 Å². The fourth-order valence-corrected chi connectivity index (χ4v) is 13.2. The third-order valence-electron chi connectivity index (χ3n) is 17.4. The Balaban J connectivity index is 1.17. The highest BCUT2D eigenvalue weighted by Crippen LogP contribution is 2.54. The van der Waals surface area contributed by atoms with E-state index in [1.165, 1.54) is 26.0 Å². The molecule has 0 aromatic heterocycles. The maximum atomic E-state index is 14.9. The average Bonchev–Trinajstić information content (AvgIpc) is 1.06. The summed E-state index contributed by atoms with van der Waals surface area (Å²) in [5.41, 5.74) is 4.33. The zero-order valence-electron chi connectivity index (χ0n) is 52.8. The summed E-state index contributed by atoms with van der Waals surface area (Å²) >= 11 is 13.2. The lowest BCUT2D eigenvalue weighted by atomic mass is 9.79. The second-order valence-corrected chi connectivity index (χ2v) is 24.6. The largest absolute Gasteiger partial charge is 0.466 e. The van der Waals surface area contributed by atoms with Crippen molar-refractivity contribution in [3.05, 3.63) is 126 Å². The minimum Gasteiger partial charge on any atom is -0.466 e. The van der Waals surface area contributed by atoms with Crippen molar-refractivity contribution in [1.29, 1.82) is 0 Å². The minimum absolute atomic E-state index is 0.0500. The predicted octanol–water partition coefficient (Wildman–Crippen LogP) is 10.9. The number of benzene rings is 2. The first-order chi connectivity index (χ1) is 45.0. The summed E-state index contributed by atoms with van der Waals surface area (Å²) in [5.74, 6) is -8.01. The highest BCUT2D eigenvalue weighted by Gasteiger charge is 2.49. The predicted molar refractivity (Wildman–Crippen MR) is 327 cm³/mol. The van der Waals surface area contributed by atoms with Gasteiger partial charge in [-0.3, -0.25) is 0 Å². The molecule has 0 bridgehead atoms. The number of allylic oxidation sites excluding steroid dienone is 2. The summed E-state index contributed by atoms with van der Waals surface area (Å²) in [5, 5.41) is -0.338. The molecule has 0 spiro atoms. The van der Waals surface area contributed by atoms with Crippen LogP contribution in [0.3, 0.4) is 0 Å². The topological polar surface area (TPSA) is 253 Å². The Kier molecular flexibility index (Phi) is 26.1. The molecule has 0 amide bonds. The smallest absolute Gasteiger partial charge is 0.417 e. The molecule has 2 heterocycles. The molecule has 2 aliphatic heterocycles. The summed E-state index contributed by atoms with van der Waals surface area (Å²) in [6, 6.07) is 5.87. The van der Waals surface area contributed by atoms with Crippen LogP contribution in [0.2, 0.25) is 10.0 Å². The van der Waals surface area contributed by atoms with Gasteiger partial charge in [0.15, 0.2) is 0 Å². The number of carbonyl (C=O) groups excluding carboxylic acids is 6.